The molecule has 0 radical (unpaired) electrons. The van der Waals surface area contributed by atoms with E-state index in [-0.39, 0.29) is 11.9 Å². The van der Waals surface area contributed by atoms with Gasteiger partial charge in [0.15, 0.2) is 0 Å². The smallest absolute Gasteiger partial charge is 0.272 e. The second-order valence-corrected chi connectivity index (χ2v) is 3.65. The van der Waals surface area contributed by atoms with E-state index < -0.39 is 0 Å². The van der Waals surface area contributed by atoms with Crippen LogP contribution in [-0.4, -0.2) is 33.9 Å². The van der Waals surface area contributed by atoms with Crippen molar-refractivity contribution in [1.82, 2.24) is 14.9 Å². The van der Waals surface area contributed by atoms with Crippen LogP contribution in [0.4, 0.5) is 5.95 Å². The van der Waals surface area contributed by atoms with Crippen molar-refractivity contribution in [3.05, 3.63) is 18.0 Å². The van der Waals surface area contributed by atoms with Gasteiger partial charge in [0.25, 0.3) is 5.91 Å². The first-order chi connectivity index (χ1) is 7.27. The van der Waals surface area contributed by atoms with E-state index in [2.05, 4.69) is 9.97 Å². The van der Waals surface area contributed by atoms with Gasteiger partial charge < -0.3 is 10.6 Å². The highest BCUT2D eigenvalue weighted by Crippen LogP contribution is 2.11. The highest BCUT2D eigenvalue weighted by atomic mass is 16.2. The first-order valence-corrected chi connectivity index (χ1v) is 5.15. The molecule has 2 N–H and O–H groups in total. The number of anilines is 1. The van der Waals surface area contributed by atoms with Crippen LogP contribution in [0.25, 0.3) is 0 Å². The number of piperidine rings is 1. The highest BCUT2D eigenvalue weighted by Gasteiger charge is 2.19. The molecule has 0 unspecified atom stereocenters. The zero-order valence-corrected chi connectivity index (χ0v) is 8.52. The lowest BCUT2D eigenvalue weighted by Gasteiger charge is -2.26. The average Bonchev–Trinajstić information content (AvgIpc) is 2.29. The molecule has 1 saturated heterocycles. The van der Waals surface area contributed by atoms with Crippen LogP contribution >= 0.6 is 0 Å². The summed E-state index contributed by atoms with van der Waals surface area (Å²) in [6, 6.07) is 1.60. The van der Waals surface area contributed by atoms with Gasteiger partial charge in [-0.05, 0) is 25.3 Å². The van der Waals surface area contributed by atoms with Crippen LogP contribution in [0, 0.1) is 0 Å². The minimum atomic E-state index is -0.0381. The largest absolute Gasteiger partial charge is 0.368 e. The standard InChI is InChI=1S/C10H14N4O/c11-10-12-5-4-8(13-10)9(15)14-6-2-1-3-7-14/h4-5H,1-3,6-7H2,(H2,11,12,13). The van der Waals surface area contributed by atoms with Gasteiger partial charge in [-0.2, -0.15) is 0 Å². The quantitative estimate of drug-likeness (QED) is 0.733. The van der Waals surface area contributed by atoms with E-state index in [4.69, 9.17) is 5.73 Å². The molecule has 0 aromatic carbocycles. The summed E-state index contributed by atoms with van der Waals surface area (Å²) in [6.45, 7) is 1.64. The van der Waals surface area contributed by atoms with E-state index in [1.165, 1.54) is 12.6 Å². The Kier molecular flexibility index (Phi) is 2.80. The molecule has 0 saturated carbocycles. The molecule has 1 aliphatic rings. The molecule has 1 fully saturated rings. The molecule has 5 heteroatoms. The molecular formula is C10H14N4O. The summed E-state index contributed by atoms with van der Waals surface area (Å²) in [5.74, 6) is 0.113. The normalized spacial score (nSPS) is 16.4. The number of hydrogen-bond donors (Lipinski definition) is 1. The van der Waals surface area contributed by atoms with Crippen LogP contribution in [0.5, 0.6) is 0 Å². The number of rotatable bonds is 1. The third kappa shape index (κ3) is 2.23. The predicted octanol–water partition coefficient (Wildman–Crippen LogP) is 0.685. The van der Waals surface area contributed by atoms with Crippen molar-refractivity contribution in [1.29, 1.82) is 0 Å². The van der Waals surface area contributed by atoms with E-state index in [1.807, 2.05) is 4.90 Å². The van der Waals surface area contributed by atoms with Crippen molar-refractivity contribution >= 4 is 11.9 Å². The van der Waals surface area contributed by atoms with E-state index in [1.54, 1.807) is 6.07 Å². The lowest BCUT2D eigenvalue weighted by molar-refractivity contribution is 0.0718. The Bertz CT molecular complexity index is 360. The minimum absolute atomic E-state index is 0.0381. The summed E-state index contributed by atoms with van der Waals surface area (Å²) < 4.78 is 0. The van der Waals surface area contributed by atoms with Gasteiger partial charge in [0, 0.05) is 19.3 Å². The molecule has 0 spiro atoms. The Labute approximate surface area is 88.3 Å². The van der Waals surface area contributed by atoms with Crippen LogP contribution in [-0.2, 0) is 0 Å². The molecule has 1 aromatic heterocycles. The van der Waals surface area contributed by atoms with Gasteiger partial charge in [-0.3, -0.25) is 4.79 Å². The SMILES string of the molecule is Nc1nccc(C(=O)N2CCCCC2)n1. The van der Waals surface area contributed by atoms with Gasteiger partial charge in [-0.1, -0.05) is 0 Å². The van der Waals surface area contributed by atoms with Crippen LogP contribution < -0.4 is 5.73 Å². The lowest BCUT2D eigenvalue weighted by Crippen LogP contribution is -2.36. The van der Waals surface area contributed by atoms with E-state index in [9.17, 15) is 4.79 Å². The third-order valence-electron chi connectivity index (χ3n) is 2.54. The summed E-state index contributed by atoms with van der Waals surface area (Å²) in [5.41, 5.74) is 5.83. The summed E-state index contributed by atoms with van der Waals surface area (Å²) in [6.07, 6.45) is 4.87. The summed E-state index contributed by atoms with van der Waals surface area (Å²) in [7, 11) is 0. The van der Waals surface area contributed by atoms with Crippen molar-refractivity contribution < 1.29 is 4.79 Å². The third-order valence-corrected chi connectivity index (χ3v) is 2.54. The summed E-state index contributed by atoms with van der Waals surface area (Å²) >= 11 is 0. The van der Waals surface area contributed by atoms with Crippen LogP contribution in [0.15, 0.2) is 12.3 Å². The number of nitrogens with zero attached hydrogens (tertiary/aromatic N) is 3. The maximum absolute atomic E-state index is 11.9. The molecule has 0 aliphatic carbocycles. The molecular weight excluding hydrogens is 192 g/mol. The first-order valence-electron chi connectivity index (χ1n) is 5.15. The number of carbonyl (C=O) groups excluding carboxylic acids is 1. The molecule has 80 valence electrons. The van der Waals surface area contributed by atoms with Crippen molar-refractivity contribution in [2.24, 2.45) is 0 Å². The molecule has 1 aliphatic heterocycles. The second kappa shape index (κ2) is 4.25. The zero-order valence-electron chi connectivity index (χ0n) is 8.52. The maximum atomic E-state index is 11.9. The van der Waals surface area contributed by atoms with Crippen molar-refractivity contribution in [2.45, 2.75) is 19.3 Å². The Morgan fingerprint density at radius 3 is 2.73 bits per heavy atom. The van der Waals surface area contributed by atoms with Gasteiger partial charge in [0.05, 0.1) is 0 Å². The Hall–Kier alpha value is -1.65. The summed E-state index contributed by atoms with van der Waals surface area (Å²) in [5, 5.41) is 0. The van der Waals surface area contributed by atoms with Gasteiger partial charge in [0.2, 0.25) is 5.95 Å². The van der Waals surface area contributed by atoms with Gasteiger partial charge in [-0.25, -0.2) is 9.97 Å². The lowest BCUT2D eigenvalue weighted by atomic mass is 10.1. The molecule has 2 rings (SSSR count). The molecule has 15 heavy (non-hydrogen) atoms. The van der Waals surface area contributed by atoms with Crippen LogP contribution in [0.2, 0.25) is 0 Å². The molecule has 0 bridgehead atoms. The van der Waals surface area contributed by atoms with Gasteiger partial charge in [-0.15, -0.1) is 0 Å². The Morgan fingerprint density at radius 2 is 2.07 bits per heavy atom. The Balaban J connectivity index is 2.12. The van der Waals surface area contributed by atoms with E-state index in [0.717, 1.165) is 25.9 Å². The fourth-order valence-corrected chi connectivity index (χ4v) is 1.75. The molecule has 2 heterocycles. The molecule has 1 amide bonds. The fourth-order valence-electron chi connectivity index (χ4n) is 1.75. The highest BCUT2D eigenvalue weighted by molar-refractivity contribution is 5.92. The fraction of sp³-hybridized carbons (Fsp3) is 0.500. The molecule has 0 atom stereocenters. The first kappa shape index (κ1) is 9.89. The van der Waals surface area contributed by atoms with E-state index >= 15 is 0 Å². The Morgan fingerprint density at radius 1 is 1.33 bits per heavy atom. The number of amides is 1. The van der Waals surface area contributed by atoms with Crippen LogP contribution in [0.1, 0.15) is 29.8 Å². The topological polar surface area (TPSA) is 72.1 Å². The van der Waals surface area contributed by atoms with Gasteiger partial charge >= 0.3 is 0 Å². The monoisotopic (exact) mass is 206 g/mol. The van der Waals surface area contributed by atoms with Crippen molar-refractivity contribution in [2.75, 3.05) is 18.8 Å². The summed E-state index contributed by atoms with van der Waals surface area (Å²) in [4.78, 5) is 21.4. The van der Waals surface area contributed by atoms with Gasteiger partial charge in [0.1, 0.15) is 5.69 Å². The number of aromatic nitrogens is 2. The number of nitrogens with two attached hydrogens (primary N) is 1. The zero-order chi connectivity index (χ0) is 10.7. The maximum Gasteiger partial charge on any atom is 0.272 e. The van der Waals surface area contributed by atoms with Crippen LogP contribution in [0.3, 0.4) is 0 Å². The molecule has 5 nitrogen and oxygen atoms in total. The predicted molar refractivity (Wildman–Crippen MR) is 56.2 cm³/mol. The minimum Gasteiger partial charge on any atom is -0.368 e. The molecule has 1 aromatic rings. The number of likely N-dealkylation sites (tertiary alicyclic amines) is 1. The second-order valence-electron chi connectivity index (χ2n) is 3.65. The number of hydrogen-bond acceptors (Lipinski definition) is 4. The van der Waals surface area contributed by atoms with Crippen molar-refractivity contribution in [3.63, 3.8) is 0 Å². The van der Waals surface area contributed by atoms with Crippen molar-refractivity contribution in [3.8, 4) is 0 Å². The van der Waals surface area contributed by atoms with E-state index in [0.29, 0.717) is 5.69 Å². The number of carbonyl (C=O) groups is 1. The number of nitrogen functional groups attached to an aromatic ring is 1. The average molecular weight is 206 g/mol.